The van der Waals surface area contributed by atoms with Gasteiger partial charge in [0.05, 0.1) is 5.52 Å². The molecular formula is C44H52IrNO3-. The van der Waals surface area contributed by atoms with E-state index in [0.717, 1.165) is 34.5 Å². The van der Waals surface area contributed by atoms with E-state index in [1.807, 2.05) is 47.6 Å². The van der Waals surface area contributed by atoms with Gasteiger partial charge in [0.2, 0.25) is 0 Å². The number of hydrogen-bond donors (Lipinski definition) is 1. The average Bonchev–Trinajstić information content (AvgIpc) is 3.44. The van der Waals surface area contributed by atoms with Crippen molar-refractivity contribution >= 4 is 27.7 Å². The molecule has 2 aromatic heterocycles. The van der Waals surface area contributed by atoms with Gasteiger partial charge < -0.3 is 9.52 Å². The Bertz CT molecular complexity index is 2080. The van der Waals surface area contributed by atoms with Crippen LogP contribution in [0.1, 0.15) is 103 Å². The van der Waals surface area contributed by atoms with Crippen LogP contribution in [0.5, 0.6) is 0 Å². The number of carbonyl (C=O) groups excluding carboxylic acids is 1. The molecule has 3 aromatic carbocycles. The number of nitrogens with zero attached hydrogens (tertiary/aromatic N) is 1. The Hall–Kier alpha value is -3.53. The summed E-state index contributed by atoms with van der Waals surface area (Å²) in [5.74, 6) is 1.72. The zero-order valence-corrected chi connectivity index (χ0v) is 33.9. The van der Waals surface area contributed by atoms with E-state index in [2.05, 4.69) is 97.0 Å². The Morgan fingerprint density at radius 2 is 1.59 bits per heavy atom. The van der Waals surface area contributed by atoms with E-state index in [0.29, 0.717) is 5.92 Å². The predicted molar refractivity (Wildman–Crippen MR) is 201 cm³/mol. The largest absolute Gasteiger partial charge is 0.512 e. The molecule has 0 aliphatic heterocycles. The van der Waals surface area contributed by atoms with Gasteiger partial charge in [-0.2, -0.15) is 0 Å². The Morgan fingerprint density at radius 1 is 0.939 bits per heavy atom. The van der Waals surface area contributed by atoms with Gasteiger partial charge in [-0.15, -0.1) is 29.3 Å². The number of fused-ring (bicyclic) bond motifs is 6. The summed E-state index contributed by atoms with van der Waals surface area (Å²) in [6.07, 6.45) is 2.40. The van der Waals surface area contributed by atoms with Crippen LogP contribution in [0.2, 0.25) is 0 Å². The Kier molecular flexibility index (Phi) is 10.7. The normalized spacial score (nSPS) is 14.0. The minimum Gasteiger partial charge on any atom is -0.512 e. The summed E-state index contributed by atoms with van der Waals surface area (Å²) in [7, 11) is 0. The van der Waals surface area contributed by atoms with Crippen LogP contribution in [0.15, 0.2) is 64.8 Å². The number of aromatic nitrogens is 1. The van der Waals surface area contributed by atoms with E-state index in [-0.39, 0.29) is 42.5 Å². The van der Waals surface area contributed by atoms with Crippen LogP contribution in [0.4, 0.5) is 0 Å². The molecule has 4 nitrogen and oxygen atoms in total. The molecule has 0 fully saturated rings. The molecule has 6 rings (SSSR count). The Labute approximate surface area is 306 Å². The van der Waals surface area contributed by atoms with Crippen LogP contribution in [0.3, 0.4) is 0 Å². The summed E-state index contributed by atoms with van der Waals surface area (Å²) in [5, 5.41) is 12.0. The molecule has 0 spiro atoms. The number of aryl methyl sites for hydroxylation is 3. The van der Waals surface area contributed by atoms with Crippen molar-refractivity contribution in [2.24, 2.45) is 16.7 Å². The summed E-state index contributed by atoms with van der Waals surface area (Å²) in [6, 6.07) is 21.1. The molecule has 0 bridgehead atoms. The van der Waals surface area contributed by atoms with Crippen molar-refractivity contribution in [2.75, 3.05) is 0 Å². The number of ketones is 1. The second-order valence-electron chi connectivity index (χ2n) is 16.7. The van der Waals surface area contributed by atoms with Crippen LogP contribution < -0.4 is 0 Å². The van der Waals surface area contributed by atoms with Crippen LogP contribution in [-0.2, 0) is 36.7 Å². The molecule has 2 heterocycles. The van der Waals surface area contributed by atoms with Gasteiger partial charge in [-0.05, 0) is 84.7 Å². The first-order valence-corrected chi connectivity index (χ1v) is 17.2. The van der Waals surface area contributed by atoms with E-state index in [4.69, 9.17) is 9.40 Å². The average molecular weight is 835 g/mol. The molecule has 49 heavy (non-hydrogen) atoms. The van der Waals surface area contributed by atoms with Crippen molar-refractivity contribution in [1.82, 2.24) is 4.98 Å². The number of pyridine rings is 1. The number of allylic oxidation sites excluding steroid dienone is 2. The molecular weight excluding hydrogens is 783 g/mol. The molecule has 1 aliphatic carbocycles. The smallest absolute Gasteiger partial charge is 0.164 e. The second-order valence-corrected chi connectivity index (χ2v) is 16.7. The fourth-order valence-corrected chi connectivity index (χ4v) is 6.89. The van der Waals surface area contributed by atoms with Crippen molar-refractivity contribution in [3.8, 4) is 22.6 Å². The van der Waals surface area contributed by atoms with Gasteiger partial charge in [0.15, 0.2) is 5.78 Å². The van der Waals surface area contributed by atoms with E-state index in [1.54, 1.807) is 0 Å². The zero-order valence-electron chi connectivity index (χ0n) is 31.5. The summed E-state index contributed by atoms with van der Waals surface area (Å²) in [6.45, 7) is 26.8. The molecule has 1 aliphatic rings. The first-order valence-electron chi connectivity index (χ1n) is 17.2. The summed E-state index contributed by atoms with van der Waals surface area (Å²) >= 11 is 0. The topological polar surface area (TPSA) is 63.3 Å². The number of rotatable bonds is 4. The molecule has 1 radical (unpaired) electrons. The maximum Gasteiger partial charge on any atom is 0.164 e. The van der Waals surface area contributed by atoms with Gasteiger partial charge in [0, 0.05) is 53.3 Å². The predicted octanol–water partition coefficient (Wildman–Crippen LogP) is 12.0. The molecule has 0 saturated heterocycles. The van der Waals surface area contributed by atoms with Crippen LogP contribution in [0, 0.1) is 43.6 Å². The number of aliphatic hydroxyl groups excluding tert-OH is 1. The minimum absolute atomic E-state index is 0. The molecule has 0 atom stereocenters. The third-order valence-corrected chi connectivity index (χ3v) is 9.37. The maximum absolute atomic E-state index is 11.5. The zero-order chi connectivity index (χ0) is 35.5. The van der Waals surface area contributed by atoms with Crippen LogP contribution in [0.25, 0.3) is 44.5 Å². The standard InChI is InChI=1S/C33H32NO.C11H20O2.Ir/c1-18(2)13-22-11-12-28-25(17-22)31-32(35-28)24-10-8-9-23(30(24)33(31,6)7)26-16-21(5)29-20(4)14-19(3)15-27(29)34-26;1-10(2,3)8(12)7-9(13)11(4,5)6;/h8,10-12,14-18H,13H2,1-7H3;7,12H,1-6H3;/q-1;;/b;8-7-;. The van der Waals surface area contributed by atoms with E-state index >= 15 is 0 Å². The summed E-state index contributed by atoms with van der Waals surface area (Å²) in [5.41, 5.74) is 12.0. The van der Waals surface area contributed by atoms with Crippen molar-refractivity contribution in [2.45, 2.75) is 102 Å². The minimum atomic E-state index is -0.417. The third kappa shape index (κ3) is 7.49. The van der Waals surface area contributed by atoms with Gasteiger partial charge in [-0.25, -0.2) is 0 Å². The van der Waals surface area contributed by atoms with Gasteiger partial charge >= 0.3 is 0 Å². The fraction of sp³-hybridized carbons (Fsp3) is 0.409. The molecule has 261 valence electrons. The van der Waals surface area contributed by atoms with Gasteiger partial charge in [-0.1, -0.05) is 93.0 Å². The Balaban J connectivity index is 0.000000332. The van der Waals surface area contributed by atoms with Gasteiger partial charge in [-0.3, -0.25) is 9.78 Å². The molecule has 0 saturated carbocycles. The quantitative estimate of drug-likeness (QED) is 0.111. The maximum atomic E-state index is 11.5. The van der Waals surface area contributed by atoms with Gasteiger partial charge in [0.1, 0.15) is 17.1 Å². The number of hydrogen-bond acceptors (Lipinski definition) is 4. The van der Waals surface area contributed by atoms with Crippen LogP contribution >= 0.6 is 0 Å². The fourth-order valence-electron chi connectivity index (χ4n) is 6.89. The molecule has 0 amide bonds. The van der Waals surface area contributed by atoms with Crippen molar-refractivity contribution < 1.29 is 34.4 Å². The van der Waals surface area contributed by atoms with E-state index in [9.17, 15) is 9.90 Å². The van der Waals surface area contributed by atoms with Crippen molar-refractivity contribution in [1.29, 1.82) is 0 Å². The van der Waals surface area contributed by atoms with E-state index < -0.39 is 5.41 Å². The summed E-state index contributed by atoms with van der Waals surface area (Å²) < 4.78 is 6.51. The SMILES string of the molecule is CC(C)(C)C(=O)/C=C(\O)C(C)(C)C.Cc1cc(C)c2c(C)cc(-c3[c-]ccc4c3C(C)(C)c3c-4oc4ccc(CC(C)C)cc34)nc2c1.[Ir]. The number of carbonyl (C=O) groups is 1. The third-order valence-electron chi connectivity index (χ3n) is 9.37. The summed E-state index contributed by atoms with van der Waals surface area (Å²) in [4.78, 5) is 16.7. The number of benzene rings is 3. The Morgan fingerprint density at radius 3 is 2.20 bits per heavy atom. The van der Waals surface area contributed by atoms with Gasteiger partial charge in [0.25, 0.3) is 0 Å². The number of aliphatic hydroxyl groups is 1. The number of furan rings is 1. The van der Waals surface area contributed by atoms with E-state index in [1.165, 1.54) is 55.8 Å². The van der Waals surface area contributed by atoms with Crippen molar-refractivity contribution in [3.63, 3.8) is 0 Å². The first kappa shape index (κ1) is 38.3. The monoisotopic (exact) mass is 835 g/mol. The molecule has 5 aromatic rings. The van der Waals surface area contributed by atoms with Crippen LogP contribution in [-0.4, -0.2) is 15.9 Å². The molecule has 5 heteroatoms. The molecule has 1 N–H and O–H groups in total. The molecule has 0 unspecified atom stereocenters. The first-order chi connectivity index (χ1) is 22.2. The van der Waals surface area contributed by atoms with Crippen molar-refractivity contribution in [3.05, 3.63) is 99.8 Å². The second kappa shape index (κ2) is 13.6.